The van der Waals surface area contributed by atoms with Gasteiger partial charge < -0.3 is 14.9 Å². The molecule has 0 radical (unpaired) electrons. The number of alkyl halides is 3. The van der Waals surface area contributed by atoms with E-state index in [4.69, 9.17) is 14.9 Å². The van der Waals surface area contributed by atoms with Crippen LogP contribution >= 0.6 is 0 Å². The average Bonchev–Trinajstić information content (AvgIpc) is 2.52. The van der Waals surface area contributed by atoms with Gasteiger partial charge in [-0.1, -0.05) is 12.1 Å². The second kappa shape index (κ2) is 6.88. The van der Waals surface area contributed by atoms with Gasteiger partial charge in [0.2, 0.25) is 0 Å². The maximum atomic E-state index is 14.1. The van der Waals surface area contributed by atoms with Crippen LogP contribution in [0.4, 0.5) is 17.6 Å². The summed E-state index contributed by atoms with van der Waals surface area (Å²) in [6.45, 7) is -0.739. The molecule has 4 nitrogen and oxygen atoms in total. The van der Waals surface area contributed by atoms with E-state index in [1.807, 2.05) is 0 Å². The van der Waals surface area contributed by atoms with Gasteiger partial charge >= 0.3 is 12.1 Å². The van der Waals surface area contributed by atoms with Gasteiger partial charge in [-0.25, -0.2) is 9.18 Å². The summed E-state index contributed by atoms with van der Waals surface area (Å²) in [6, 6.07) is 5.74. The van der Waals surface area contributed by atoms with Gasteiger partial charge in [-0.3, -0.25) is 0 Å². The second-order valence-corrected chi connectivity index (χ2v) is 4.79. The van der Waals surface area contributed by atoms with Crippen LogP contribution in [0.5, 0.6) is 5.75 Å². The Hall–Kier alpha value is -2.61. The maximum absolute atomic E-state index is 14.1. The van der Waals surface area contributed by atoms with Crippen LogP contribution in [0.3, 0.4) is 0 Å². The number of halogens is 4. The number of carboxylic acids is 1. The maximum Gasteiger partial charge on any atom is 0.416 e. The third-order valence-corrected chi connectivity index (χ3v) is 3.13. The molecule has 0 heterocycles. The van der Waals surface area contributed by atoms with Crippen molar-refractivity contribution in [2.45, 2.75) is 6.18 Å². The zero-order chi connectivity index (χ0) is 17.9. The first-order valence-electron chi connectivity index (χ1n) is 6.72. The molecule has 2 aromatic carbocycles. The normalized spacial score (nSPS) is 11.4. The number of benzene rings is 2. The molecule has 2 N–H and O–H groups in total. The number of aromatic carboxylic acids is 1. The molecular weight excluding hydrogens is 332 g/mol. The zero-order valence-electron chi connectivity index (χ0n) is 12.1. The highest BCUT2D eigenvalue weighted by Crippen LogP contribution is 2.37. The van der Waals surface area contributed by atoms with Gasteiger partial charge in [0.25, 0.3) is 0 Å². The number of aliphatic hydroxyl groups excluding tert-OH is 1. The highest BCUT2D eigenvalue weighted by atomic mass is 19.4. The molecule has 0 spiro atoms. The Morgan fingerprint density at radius 3 is 2.46 bits per heavy atom. The number of carboxylic acid groups (broad SMARTS) is 1. The van der Waals surface area contributed by atoms with Gasteiger partial charge in [-0.05, 0) is 29.8 Å². The van der Waals surface area contributed by atoms with Gasteiger partial charge in [0, 0.05) is 5.56 Å². The number of aliphatic hydroxyl groups is 1. The number of ether oxygens (including phenoxy) is 1. The molecule has 0 bridgehead atoms. The van der Waals surface area contributed by atoms with Crippen molar-refractivity contribution in [2.24, 2.45) is 0 Å². The number of rotatable bonds is 5. The van der Waals surface area contributed by atoms with Crippen molar-refractivity contribution in [3.63, 3.8) is 0 Å². The molecule has 0 unspecified atom stereocenters. The van der Waals surface area contributed by atoms with Crippen LogP contribution in [0.25, 0.3) is 11.1 Å². The number of hydrogen-bond acceptors (Lipinski definition) is 3. The van der Waals surface area contributed by atoms with Crippen molar-refractivity contribution in [1.82, 2.24) is 0 Å². The third-order valence-electron chi connectivity index (χ3n) is 3.13. The summed E-state index contributed by atoms with van der Waals surface area (Å²) in [5.74, 6) is -2.90. The molecule has 24 heavy (non-hydrogen) atoms. The first kappa shape index (κ1) is 17.7. The topological polar surface area (TPSA) is 66.8 Å². The minimum absolute atomic E-state index is 0.0558. The van der Waals surface area contributed by atoms with Crippen molar-refractivity contribution in [3.05, 3.63) is 53.3 Å². The van der Waals surface area contributed by atoms with E-state index >= 15 is 0 Å². The Kier molecular flexibility index (Phi) is 5.08. The molecule has 0 aliphatic carbocycles. The van der Waals surface area contributed by atoms with Crippen LogP contribution in [0.1, 0.15) is 15.9 Å². The standard InChI is InChI=1S/C16H12F4O4/c17-13-8-10(15(22)23)7-12(14(13)24-5-4-21)9-2-1-3-11(6-9)16(18,19)20/h1-3,6-8,21H,4-5H2,(H,22,23). The molecule has 0 amide bonds. The largest absolute Gasteiger partial charge is 0.487 e. The van der Waals surface area contributed by atoms with Crippen molar-refractivity contribution in [2.75, 3.05) is 13.2 Å². The predicted octanol–water partition coefficient (Wildman–Crippen LogP) is 3.58. The van der Waals surface area contributed by atoms with E-state index in [9.17, 15) is 22.4 Å². The third kappa shape index (κ3) is 3.83. The molecule has 2 aromatic rings. The molecule has 0 aliphatic rings. The predicted molar refractivity (Wildman–Crippen MR) is 76.4 cm³/mol. The average molecular weight is 344 g/mol. The van der Waals surface area contributed by atoms with Gasteiger partial charge in [-0.15, -0.1) is 0 Å². The van der Waals surface area contributed by atoms with Gasteiger partial charge in [0.1, 0.15) is 6.61 Å². The quantitative estimate of drug-likeness (QED) is 0.814. The molecule has 0 fully saturated rings. The summed E-state index contributed by atoms with van der Waals surface area (Å²) in [6.07, 6.45) is -4.61. The van der Waals surface area contributed by atoms with E-state index < -0.39 is 41.4 Å². The Morgan fingerprint density at radius 1 is 1.17 bits per heavy atom. The highest BCUT2D eigenvalue weighted by molar-refractivity contribution is 5.90. The van der Waals surface area contributed by atoms with Gasteiger partial charge in [0.05, 0.1) is 17.7 Å². The smallest absolute Gasteiger partial charge is 0.416 e. The van der Waals surface area contributed by atoms with Crippen LogP contribution < -0.4 is 4.74 Å². The number of hydrogen-bond donors (Lipinski definition) is 2. The Bertz CT molecular complexity index is 756. The van der Waals surface area contributed by atoms with Crippen LogP contribution in [0, 0.1) is 5.82 Å². The van der Waals surface area contributed by atoms with E-state index in [0.29, 0.717) is 6.07 Å². The Balaban J connectivity index is 2.64. The lowest BCUT2D eigenvalue weighted by Gasteiger charge is -2.14. The van der Waals surface area contributed by atoms with Crippen LogP contribution in [-0.2, 0) is 6.18 Å². The fraction of sp³-hybridized carbons (Fsp3) is 0.188. The monoisotopic (exact) mass is 344 g/mol. The van der Waals surface area contributed by atoms with Crippen molar-refractivity contribution in [1.29, 1.82) is 0 Å². The fourth-order valence-corrected chi connectivity index (χ4v) is 2.09. The van der Waals surface area contributed by atoms with Crippen LogP contribution in [0.2, 0.25) is 0 Å². The lowest BCUT2D eigenvalue weighted by Crippen LogP contribution is -2.08. The van der Waals surface area contributed by atoms with Crippen molar-refractivity contribution >= 4 is 5.97 Å². The molecular formula is C16H12F4O4. The molecule has 8 heteroatoms. The molecule has 2 rings (SSSR count). The van der Waals surface area contributed by atoms with Crippen LogP contribution in [0.15, 0.2) is 36.4 Å². The Morgan fingerprint density at radius 2 is 1.88 bits per heavy atom. The fourth-order valence-electron chi connectivity index (χ4n) is 2.09. The van der Waals surface area contributed by atoms with Gasteiger partial charge in [-0.2, -0.15) is 13.2 Å². The first-order valence-corrected chi connectivity index (χ1v) is 6.72. The van der Waals surface area contributed by atoms with Gasteiger partial charge in [0.15, 0.2) is 11.6 Å². The zero-order valence-corrected chi connectivity index (χ0v) is 12.1. The van der Waals surface area contributed by atoms with E-state index in [1.54, 1.807) is 0 Å². The lowest BCUT2D eigenvalue weighted by atomic mass is 9.99. The summed E-state index contributed by atoms with van der Waals surface area (Å²) in [5.41, 5.74) is -1.60. The minimum Gasteiger partial charge on any atom is -0.487 e. The van der Waals surface area contributed by atoms with E-state index in [0.717, 1.165) is 24.3 Å². The summed E-state index contributed by atoms with van der Waals surface area (Å²) >= 11 is 0. The summed E-state index contributed by atoms with van der Waals surface area (Å²) < 4.78 is 57.7. The minimum atomic E-state index is -4.61. The molecule has 0 saturated heterocycles. The van der Waals surface area contributed by atoms with Crippen molar-refractivity contribution < 1.29 is 37.3 Å². The molecule has 0 aromatic heterocycles. The second-order valence-electron chi connectivity index (χ2n) is 4.79. The summed E-state index contributed by atoms with van der Waals surface area (Å²) in [5, 5.41) is 17.8. The summed E-state index contributed by atoms with van der Waals surface area (Å²) in [7, 11) is 0. The van der Waals surface area contributed by atoms with Crippen LogP contribution in [-0.4, -0.2) is 29.4 Å². The lowest BCUT2D eigenvalue weighted by molar-refractivity contribution is -0.137. The van der Waals surface area contributed by atoms with Crippen molar-refractivity contribution in [3.8, 4) is 16.9 Å². The van der Waals surface area contributed by atoms with E-state index in [-0.39, 0.29) is 17.7 Å². The van der Waals surface area contributed by atoms with E-state index in [1.165, 1.54) is 6.07 Å². The molecule has 0 atom stereocenters. The molecule has 128 valence electrons. The number of carbonyl (C=O) groups is 1. The molecule has 0 aliphatic heterocycles. The molecule has 0 saturated carbocycles. The van der Waals surface area contributed by atoms with E-state index in [2.05, 4.69) is 0 Å². The highest BCUT2D eigenvalue weighted by Gasteiger charge is 2.31. The summed E-state index contributed by atoms with van der Waals surface area (Å²) in [4.78, 5) is 11.1. The SMILES string of the molecule is O=C(O)c1cc(F)c(OCCO)c(-c2cccc(C(F)(F)F)c2)c1. The Labute approximate surface area is 133 Å². The first-order chi connectivity index (χ1) is 11.2.